The zero-order chi connectivity index (χ0) is 13.3. The quantitative estimate of drug-likeness (QED) is 0.846. The van der Waals surface area contributed by atoms with E-state index >= 15 is 0 Å². The Morgan fingerprint density at radius 2 is 2.00 bits per heavy atom. The van der Waals surface area contributed by atoms with E-state index in [1.165, 1.54) is 4.90 Å². The molecule has 0 aromatic carbocycles. The lowest BCUT2D eigenvalue weighted by Gasteiger charge is -2.34. The molecule has 0 spiro atoms. The largest absolute Gasteiger partial charge is 0.393 e. The molecule has 0 aromatic heterocycles. The number of nitrogens with zero attached hydrogens (tertiary/aromatic N) is 1. The van der Waals surface area contributed by atoms with Crippen LogP contribution in [0.25, 0.3) is 0 Å². The minimum Gasteiger partial charge on any atom is -0.342 e. The van der Waals surface area contributed by atoms with Crippen LogP contribution in [0.4, 0.5) is 13.2 Å². The van der Waals surface area contributed by atoms with Crippen LogP contribution < -0.4 is 5.73 Å². The van der Waals surface area contributed by atoms with Gasteiger partial charge in [0, 0.05) is 25.6 Å². The van der Waals surface area contributed by atoms with Gasteiger partial charge in [-0.1, -0.05) is 0 Å². The highest BCUT2D eigenvalue weighted by Crippen LogP contribution is 2.35. The van der Waals surface area contributed by atoms with E-state index in [0.717, 1.165) is 12.8 Å². The summed E-state index contributed by atoms with van der Waals surface area (Å²) in [5.41, 5.74) is 5.84. The fraction of sp³-hybridized carbons (Fsp3) is 0.917. The van der Waals surface area contributed by atoms with Gasteiger partial charge in [-0.2, -0.15) is 13.2 Å². The molecular weight excluding hydrogens is 245 g/mol. The van der Waals surface area contributed by atoms with Crippen molar-refractivity contribution in [3.8, 4) is 0 Å². The van der Waals surface area contributed by atoms with Crippen molar-refractivity contribution in [2.45, 2.75) is 44.3 Å². The second-order valence-electron chi connectivity index (χ2n) is 5.43. The molecule has 2 aliphatic rings. The molecule has 104 valence electrons. The maximum Gasteiger partial charge on any atom is 0.393 e. The van der Waals surface area contributed by atoms with E-state index in [1.807, 2.05) is 0 Å². The van der Waals surface area contributed by atoms with E-state index in [0.29, 0.717) is 18.9 Å². The molecule has 2 unspecified atom stereocenters. The lowest BCUT2D eigenvalue weighted by molar-refractivity contribution is -0.188. The van der Waals surface area contributed by atoms with Gasteiger partial charge in [0.2, 0.25) is 5.91 Å². The van der Waals surface area contributed by atoms with Crippen molar-refractivity contribution >= 4 is 5.91 Å². The minimum atomic E-state index is -4.20. The summed E-state index contributed by atoms with van der Waals surface area (Å²) in [6.45, 7) is 0.239. The third-order valence-corrected chi connectivity index (χ3v) is 3.87. The van der Waals surface area contributed by atoms with Gasteiger partial charge in [-0.25, -0.2) is 0 Å². The number of rotatable bonds is 3. The van der Waals surface area contributed by atoms with Gasteiger partial charge in [0.05, 0.1) is 5.92 Å². The number of carbonyl (C=O) groups excluding carboxylic acids is 1. The zero-order valence-corrected chi connectivity index (χ0v) is 10.2. The summed E-state index contributed by atoms with van der Waals surface area (Å²) in [5, 5.41) is 0. The smallest absolute Gasteiger partial charge is 0.342 e. The van der Waals surface area contributed by atoms with Crippen LogP contribution in [0.5, 0.6) is 0 Å². The molecule has 2 N–H and O–H groups in total. The Balaban J connectivity index is 1.85. The van der Waals surface area contributed by atoms with Gasteiger partial charge in [0.15, 0.2) is 0 Å². The van der Waals surface area contributed by atoms with E-state index in [1.54, 1.807) is 0 Å². The standard InChI is InChI=1S/C12H19F3N2O/c13-12(14,15)9-2-1-5-17(7-9)11(18)6-10(16)8-3-4-8/h8-10H,1-7,16H2. The van der Waals surface area contributed by atoms with Crippen molar-refractivity contribution in [3.05, 3.63) is 0 Å². The Morgan fingerprint density at radius 1 is 1.33 bits per heavy atom. The van der Waals surface area contributed by atoms with Gasteiger partial charge in [-0.3, -0.25) is 4.79 Å². The van der Waals surface area contributed by atoms with Crippen LogP contribution in [0, 0.1) is 11.8 Å². The SMILES string of the molecule is NC(CC(=O)N1CCCC(C(F)(F)F)C1)C1CC1. The van der Waals surface area contributed by atoms with E-state index in [4.69, 9.17) is 5.73 Å². The van der Waals surface area contributed by atoms with Crippen molar-refractivity contribution in [1.29, 1.82) is 0 Å². The summed E-state index contributed by atoms with van der Waals surface area (Å²) in [5.74, 6) is -1.19. The first-order chi connectivity index (χ1) is 8.38. The molecule has 0 aromatic rings. The van der Waals surface area contributed by atoms with Gasteiger partial charge in [-0.05, 0) is 31.6 Å². The van der Waals surface area contributed by atoms with Gasteiger partial charge >= 0.3 is 6.18 Å². The number of piperidine rings is 1. The van der Waals surface area contributed by atoms with Crippen molar-refractivity contribution in [1.82, 2.24) is 4.90 Å². The Bertz CT molecular complexity index is 315. The second-order valence-corrected chi connectivity index (χ2v) is 5.43. The number of hydrogen-bond donors (Lipinski definition) is 1. The number of halogens is 3. The molecule has 1 saturated carbocycles. The number of hydrogen-bond acceptors (Lipinski definition) is 2. The van der Waals surface area contributed by atoms with Gasteiger partial charge in [0.25, 0.3) is 0 Å². The van der Waals surface area contributed by atoms with Crippen molar-refractivity contribution in [2.24, 2.45) is 17.6 Å². The van der Waals surface area contributed by atoms with Crippen LogP contribution in [-0.2, 0) is 4.79 Å². The molecule has 0 bridgehead atoms. The maximum atomic E-state index is 12.6. The van der Waals surface area contributed by atoms with Crippen LogP contribution in [0.2, 0.25) is 0 Å². The first-order valence-corrected chi connectivity index (χ1v) is 6.48. The van der Waals surface area contributed by atoms with Gasteiger partial charge < -0.3 is 10.6 Å². The molecule has 0 radical (unpaired) electrons. The molecule has 1 heterocycles. The Hall–Kier alpha value is -0.780. The molecule has 2 fully saturated rings. The first-order valence-electron chi connectivity index (χ1n) is 6.48. The monoisotopic (exact) mass is 264 g/mol. The van der Waals surface area contributed by atoms with Crippen LogP contribution in [-0.4, -0.2) is 36.1 Å². The highest BCUT2D eigenvalue weighted by atomic mass is 19.4. The fourth-order valence-corrected chi connectivity index (χ4v) is 2.49. The molecule has 2 atom stereocenters. The molecule has 1 aliphatic heterocycles. The zero-order valence-electron chi connectivity index (χ0n) is 10.2. The predicted octanol–water partition coefficient (Wildman–Crippen LogP) is 1.91. The first kappa shape index (κ1) is 13.6. The van der Waals surface area contributed by atoms with E-state index in [-0.39, 0.29) is 31.3 Å². The molecule has 1 amide bonds. The lowest BCUT2D eigenvalue weighted by Crippen LogP contribution is -2.46. The molecular formula is C12H19F3N2O. The van der Waals surface area contributed by atoms with Crippen LogP contribution in [0.1, 0.15) is 32.1 Å². The van der Waals surface area contributed by atoms with Crippen molar-refractivity contribution < 1.29 is 18.0 Å². The van der Waals surface area contributed by atoms with Crippen LogP contribution in [0.15, 0.2) is 0 Å². The topological polar surface area (TPSA) is 46.3 Å². The second kappa shape index (κ2) is 5.07. The number of likely N-dealkylation sites (tertiary alicyclic amines) is 1. The van der Waals surface area contributed by atoms with Crippen LogP contribution in [0.3, 0.4) is 0 Å². The van der Waals surface area contributed by atoms with Crippen molar-refractivity contribution in [3.63, 3.8) is 0 Å². The minimum absolute atomic E-state index is 0.127. The number of carbonyl (C=O) groups is 1. The van der Waals surface area contributed by atoms with E-state index in [9.17, 15) is 18.0 Å². The summed E-state index contributed by atoms with van der Waals surface area (Å²) in [6, 6.07) is -0.177. The fourth-order valence-electron chi connectivity index (χ4n) is 2.49. The Morgan fingerprint density at radius 3 is 2.56 bits per heavy atom. The summed E-state index contributed by atoms with van der Waals surface area (Å²) in [6.07, 6.45) is -1.37. The molecule has 1 saturated heterocycles. The molecule has 3 nitrogen and oxygen atoms in total. The Labute approximate surface area is 104 Å². The van der Waals surface area contributed by atoms with Gasteiger partial charge in [-0.15, -0.1) is 0 Å². The highest BCUT2D eigenvalue weighted by Gasteiger charge is 2.43. The molecule has 2 rings (SSSR count). The third kappa shape index (κ3) is 3.37. The number of alkyl halides is 3. The molecule has 18 heavy (non-hydrogen) atoms. The summed E-state index contributed by atoms with van der Waals surface area (Å²) in [7, 11) is 0. The third-order valence-electron chi connectivity index (χ3n) is 3.87. The number of nitrogens with two attached hydrogens (primary N) is 1. The van der Waals surface area contributed by atoms with Crippen LogP contribution >= 0.6 is 0 Å². The molecule has 1 aliphatic carbocycles. The normalized spacial score (nSPS) is 27.1. The van der Waals surface area contributed by atoms with Crippen molar-refractivity contribution in [2.75, 3.05) is 13.1 Å². The summed E-state index contributed by atoms with van der Waals surface area (Å²) in [4.78, 5) is 13.2. The summed E-state index contributed by atoms with van der Waals surface area (Å²) >= 11 is 0. The maximum absolute atomic E-state index is 12.6. The van der Waals surface area contributed by atoms with Gasteiger partial charge in [0.1, 0.15) is 0 Å². The summed E-state index contributed by atoms with van der Waals surface area (Å²) < 4.78 is 37.8. The number of amides is 1. The highest BCUT2D eigenvalue weighted by molar-refractivity contribution is 5.77. The molecule has 6 heteroatoms. The van der Waals surface area contributed by atoms with E-state index < -0.39 is 12.1 Å². The predicted molar refractivity (Wildman–Crippen MR) is 60.7 cm³/mol. The average molecular weight is 264 g/mol. The average Bonchev–Trinajstić information content (AvgIpc) is 3.11. The Kier molecular flexibility index (Phi) is 3.84. The van der Waals surface area contributed by atoms with E-state index in [2.05, 4.69) is 0 Å². The lowest BCUT2D eigenvalue weighted by atomic mass is 9.96.